The number of nitrogens with two attached hydrogens (primary N) is 5. The summed E-state index contributed by atoms with van der Waals surface area (Å²) in [6.45, 7) is 78.1. The Hall–Kier alpha value is -6.15. The second-order valence-electron chi connectivity index (χ2n) is 26.0. The van der Waals surface area contributed by atoms with Crippen LogP contribution in [-0.4, -0.2) is 202 Å². The monoisotopic (exact) mass is 1630 g/mol. The number of hydrogen-bond donors (Lipinski definition) is 11. The van der Waals surface area contributed by atoms with Crippen LogP contribution in [0.25, 0.3) is 0 Å². The molecule has 2 rings (SSSR count). The van der Waals surface area contributed by atoms with Gasteiger partial charge in [-0.3, -0.25) is 28.8 Å². The summed E-state index contributed by atoms with van der Waals surface area (Å²) in [7, 11) is 9.15. The van der Waals surface area contributed by atoms with E-state index >= 15 is 0 Å². The number of aliphatic hydroxyl groups is 1. The van der Waals surface area contributed by atoms with Crippen molar-refractivity contribution in [3.05, 3.63) is 0 Å². The minimum absolute atomic E-state index is 0. The summed E-state index contributed by atoms with van der Waals surface area (Å²) >= 11 is 0. The second-order valence-corrected chi connectivity index (χ2v) is 26.0. The van der Waals surface area contributed by atoms with E-state index in [0.29, 0.717) is 45.3 Å². The molecular weight excluding hydrogens is 1430 g/mol. The quantitative estimate of drug-likeness (QED) is 0.0427. The number of Topliss-reactive ketones (excluding diaryl/α,β-unsaturated/α-hetero) is 2. The van der Waals surface area contributed by atoms with Crippen molar-refractivity contribution in [2.75, 3.05) is 61.9 Å². The van der Waals surface area contributed by atoms with E-state index in [1.807, 2.05) is 135 Å². The molecule has 2 fully saturated rings. The molecule has 2 saturated heterocycles. The third kappa shape index (κ3) is 136. The molecule has 0 spiro atoms. The topological polar surface area (TPSA) is 568 Å². The molecule has 2 aliphatic rings. The molecule has 0 radical (unpaired) electrons. The standard InChI is InChI=1S/C39H68N4O6.5C5H12.C3H8O.C2H6.5CH5N.9CH2O.4H3N/c1-11-27(7)31(24-35(46)32-17-16-20-43(32)29(9)44)38(48)41(10)33(22-26(5)6)34(45)23-30(21-25(3)4)37(47)40-36(28(8)12-2)39(49)42-18-14-13-15-19-42;5*1-4-5(2)3;1-3(2)4;15*1-2;;;;/h25-28,30-33,36H,11-24H2,1-10H3,(H,40,47);5*5H,4H2,1-3H3;3-4H,1-2H3;1-2H3;5*2H2,1H3;9*1H2;4*1H3/t27-,28-,30+,31-,32-,33-,36-;;;;;;;;;;;;;;;;;;;;;;;;;/m0........................./s1. The Morgan fingerprint density at radius 1 is 0.420 bits per heavy atom. The van der Waals surface area contributed by atoms with E-state index in [1.165, 1.54) is 79.2 Å². The molecule has 0 aromatic carbocycles. The van der Waals surface area contributed by atoms with Gasteiger partial charge in [-0.2, -0.15) is 0 Å². The summed E-state index contributed by atoms with van der Waals surface area (Å²) in [6, 6.07) is -1.91. The molecule has 2 heterocycles. The number of likely N-dealkylation sites (N-methyl/N-ethyl adjacent to an activating group) is 1. The molecule has 29 heteroatoms. The Bertz CT molecular complexity index is 1640. The molecule has 0 saturated carbocycles. The van der Waals surface area contributed by atoms with Gasteiger partial charge >= 0.3 is 0 Å². The molecule has 0 bridgehead atoms. The number of nitrogens with one attached hydrogen (secondary N) is 1. The van der Waals surface area contributed by atoms with Crippen LogP contribution in [-0.2, 0) is 71.9 Å². The summed E-state index contributed by atoms with van der Waals surface area (Å²) in [6.07, 6.45) is 13.1. The first kappa shape index (κ1) is 174. The number of carbonyl (C=O) groups is 15. The fraction of sp³-hybridized carbons (Fsp3) is 0.819. The maximum absolute atomic E-state index is 14.2. The van der Waals surface area contributed by atoms with Gasteiger partial charge in [0.05, 0.1) is 12.1 Å². The van der Waals surface area contributed by atoms with Gasteiger partial charge in [-0.15, -0.1) is 0 Å². The lowest BCUT2D eigenvalue weighted by Gasteiger charge is -2.35. The maximum atomic E-state index is 14.2. The van der Waals surface area contributed by atoms with Crippen LogP contribution in [0.3, 0.4) is 0 Å². The van der Waals surface area contributed by atoms with E-state index in [4.69, 9.17) is 48.3 Å². The Labute approximate surface area is 691 Å². The average Bonchev–Trinajstić information content (AvgIpc) is 1.31. The third-order valence-electron chi connectivity index (χ3n) is 15.1. The Morgan fingerprint density at radius 3 is 0.920 bits per heavy atom. The first-order valence-electron chi connectivity index (χ1n) is 38.5. The zero-order valence-corrected chi connectivity index (χ0v) is 79.6. The smallest absolute Gasteiger partial charge is 0.245 e. The second kappa shape index (κ2) is 153. The van der Waals surface area contributed by atoms with Crippen molar-refractivity contribution in [1.29, 1.82) is 0 Å². The molecule has 112 heavy (non-hydrogen) atoms. The zero-order chi connectivity index (χ0) is 92.0. The van der Waals surface area contributed by atoms with Crippen LogP contribution in [0.5, 0.6) is 0 Å². The lowest BCUT2D eigenvalue weighted by molar-refractivity contribution is -0.146. The molecular formula is C83H197N13O16. The lowest BCUT2D eigenvalue weighted by atomic mass is 9.83. The van der Waals surface area contributed by atoms with E-state index in [-0.39, 0.29) is 102 Å². The fourth-order valence-electron chi connectivity index (χ4n) is 7.51. The fourth-order valence-corrected chi connectivity index (χ4v) is 7.51. The minimum Gasteiger partial charge on any atom is -0.394 e. The summed E-state index contributed by atoms with van der Waals surface area (Å²) < 4.78 is 0. The van der Waals surface area contributed by atoms with Crippen molar-refractivity contribution in [3.8, 4) is 0 Å². The van der Waals surface area contributed by atoms with E-state index in [0.717, 1.165) is 61.7 Å². The van der Waals surface area contributed by atoms with E-state index in [1.54, 1.807) is 25.8 Å². The molecule has 0 aliphatic carbocycles. The summed E-state index contributed by atoms with van der Waals surface area (Å²) in [5.74, 6) is 2.25. The highest BCUT2D eigenvalue weighted by Crippen LogP contribution is 2.29. The van der Waals surface area contributed by atoms with Gasteiger partial charge in [0, 0.05) is 64.4 Å². The van der Waals surface area contributed by atoms with Gasteiger partial charge in [-0.1, -0.05) is 218 Å². The van der Waals surface area contributed by atoms with Gasteiger partial charge in [0.15, 0.2) is 11.6 Å². The number of nitrogens with zero attached hydrogens (tertiary/aromatic N) is 3. The van der Waals surface area contributed by atoms with Crippen molar-refractivity contribution < 1.29 is 77.0 Å². The molecule has 690 valence electrons. The van der Waals surface area contributed by atoms with Gasteiger partial charge in [0.2, 0.25) is 23.6 Å². The van der Waals surface area contributed by atoms with Crippen LogP contribution in [0.15, 0.2) is 0 Å². The lowest BCUT2D eigenvalue weighted by Crippen LogP contribution is -2.54. The van der Waals surface area contributed by atoms with Crippen LogP contribution >= 0.6 is 0 Å². The highest BCUT2D eigenvalue weighted by molar-refractivity contribution is 5.96. The van der Waals surface area contributed by atoms with Gasteiger partial charge in [0.25, 0.3) is 0 Å². The first-order chi connectivity index (χ1) is 51.1. The summed E-state index contributed by atoms with van der Waals surface area (Å²) in [5, 5.41) is 11.1. The van der Waals surface area contributed by atoms with Crippen molar-refractivity contribution >= 4 is 96.3 Å². The zero-order valence-electron chi connectivity index (χ0n) is 79.6. The van der Waals surface area contributed by atoms with Crippen molar-refractivity contribution in [2.45, 2.75) is 321 Å². The van der Waals surface area contributed by atoms with Crippen LogP contribution < -0.4 is 58.6 Å². The summed E-state index contributed by atoms with van der Waals surface area (Å²) in [4.78, 5) is 159. The van der Waals surface area contributed by atoms with Gasteiger partial charge in [-0.05, 0) is 147 Å². The van der Waals surface area contributed by atoms with Crippen molar-refractivity contribution in [2.24, 2.45) is 93.8 Å². The highest BCUT2D eigenvalue weighted by Gasteiger charge is 2.40. The molecule has 2 aliphatic heterocycles. The highest BCUT2D eigenvalue weighted by atomic mass is 16.3. The molecule has 29 nitrogen and oxygen atoms in total. The molecule has 7 atom stereocenters. The van der Waals surface area contributed by atoms with Crippen molar-refractivity contribution in [1.82, 2.24) is 44.6 Å². The molecule has 0 unspecified atom stereocenters. The van der Waals surface area contributed by atoms with Gasteiger partial charge in [0.1, 0.15) is 67.1 Å². The normalized spacial score (nSPS) is 12.0. The van der Waals surface area contributed by atoms with E-state index in [9.17, 15) is 28.8 Å². The Balaban J connectivity index is -0.0000000458. The SMILES string of the molecule is C=O.C=O.C=O.C=O.C=O.C=O.C=O.C=O.C=O.CC.CC(C)O.CCC(C)C.CCC(C)C.CCC(C)C.CCC(C)C.CCC(C)C.CC[C@H](C)[C@H](CC(=O)[C@@H]1CCCN1C(C)=O)C(=O)N(C)[C@@H](CC(C)C)C(=O)C[C@@H](CC(C)C)C(=O)N[C@H](C(=O)N1CCCCC1)[C@@H](C)CC.CN.CN.CN.CN.CN.N.N.N.N. The number of hydrogen-bond acceptors (Lipinski definition) is 25. The number of rotatable bonds is 24. The minimum atomic E-state index is -0.753. The largest absolute Gasteiger partial charge is 0.394 e. The number of piperidine rings is 1. The average molecular weight is 1630 g/mol. The van der Waals surface area contributed by atoms with Crippen molar-refractivity contribution in [3.63, 3.8) is 0 Å². The molecule has 24 N–H and O–H groups in total. The Kier molecular flexibility index (Phi) is 238. The Morgan fingerprint density at radius 2 is 0.688 bits per heavy atom. The van der Waals surface area contributed by atoms with E-state index in [2.05, 4.69) is 138 Å². The van der Waals surface area contributed by atoms with E-state index < -0.39 is 30.0 Å². The van der Waals surface area contributed by atoms with Gasteiger partial charge in [-0.25, -0.2) is 0 Å². The number of ketones is 2. The maximum Gasteiger partial charge on any atom is 0.245 e. The number of likely N-dealkylation sites (tertiary alicyclic amines) is 2. The number of amides is 4. The predicted octanol–water partition coefficient (Wildman–Crippen LogP) is 14.2. The van der Waals surface area contributed by atoms with Crippen LogP contribution in [0, 0.1) is 65.1 Å². The third-order valence-corrected chi connectivity index (χ3v) is 15.1. The molecule has 0 aromatic rings. The predicted molar refractivity (Wildman–Crippen MR) is 482 cm³/mol. The van der Waals surface area contributed by atoms with Crippen LogP contribution in [0.4, 0.5) is 0 Å². The first-order valence-corrected chi connectivity index (χ1v) is 38.5. The van der Waals surface area contributed by atoms with Gasteiger partial charge < -0.3 is 122 Å². The van der Waals surface area contributed by atoms with Crippen LogP contribution in [0.2, 0.25) is 0 Å². The molecule has 4 amide bonds. The van der Waals surface area contributed by atoms with Crippen LogP contribution in [0.1, 0.15) is 297 Å². The summed E-state index contributed by atoms with van der Waals surface area (Å²) in [5.41, 5.74) is 22.5. The number of aliphatic hydroxyl groups excluding tert-OH is 1. The number of carbonyl (C=O) groups excluding carboxylic acids is 15. The molecule has 0 aromatic heterocycles.